The summed E-state index contributed by atoms with van der Waals surface area (Å²) in [6.45, 7) is 2.25. The van der Waals surface area contributed by atoms with E-state index in [1.54, 1.807) is 18.2 Å². The standard InChI is InChI=1S/C18H17ClO3/c1-12-3-2-4-16(19)18(12)21-11-15-8-7-14(22-15)9-10-17(20)13-5-6-13/h2-4,7-10,13H,5-6,11H2,1H3/b10-9+. The average molecular weight is 317 g/mol. The summed E-state index contributed by atoms with van der Waals surface area (Å²) in [5, 5.41) is 0.585. The van der Waals surface area contributed by atoms with Crippen molar-refractivity contribution in [3.05, 3.63) is 58.5 Å². The first kappa shape index (κ1) is 14.9. The zero-order valence-electron chi connectivity index (χ0n) is 12.3. The molecule has 0 N–H and O–H groups in total. The Labute approximate surface area is 134 Å². The van der Waals surface area contributed by atoms with Gasteiger partial charge in [0, 0.05) is 5.92 Å². The van der Waals surface area contributed by atoms with Crippen LogP contribution in [0, 0.1) is 12.8 Å². The van der Waals surface area contributed by atoms with E-state index in [-0.39, 0.29) is 11.7 Å². The molecule has 114 valence electrons. The third-order valence-electron chi connectivity index (χ3n) is 3.60. The molecule has 0 radical (unpaired) electrons. The van der Waals surface area contributed by atoms with Gasteiger partial charge in [0.25, 0.3) is 0 Å². The molecule has 0 aliphatic heterocycles. The van der Waals surface area contributed by atoms with E-state index in [2.05, 4.69) is 0 Å². The number of rotatable bonds is 6. The van der Waals surface area contributed by atoms with Crippen molar-refractivity contribution in [3.63, 3.8) is 0 Å². The van der Waals surface area contributed by atoms with Gasteiger partial charge in [-0.2, -0.15) is 0 Å². The van der Waals surface area contributed by atoms with Crippen LogP contribution in [0.2, 0.25) is 5.02 Å². The molecule has 0 unspecified atom stereocenters. The van der Waals surface area contributed by atoms with Gasteiger partial charge in [-0.3, -0.25) is 4.79 Å². The van der Waals surface area contributed by atoms with Crippen LogP contribution in [0.5, 0.6) is 5.75 Å². The molecule has 0 spiro atoms. The van der Waals surface area contributed by atoms with Gasteiger partial charge in [-0.05, 0) is 55.7 Å². The smallest absolute Gasteiger partial charge is 0.158 e. The summed E-state index contributed by atoms with van der Waals surface area (Å²) in [6, 6.07) is 9.30. The second-order valence-corrected chi connectivity index (χ2v) is 5.90. The molecule has 3 rings (SSSR count). The van der Waals surface area contributed by atoms with Gasteiger partial charge in [0.05, 0.1) is 5.02 Å². The number of allylic oxidation sites excluding steroid dienone is 1. The van der Waals surface area contributed by atoms with Crippen LogP contribution in [0.1, 0.15) is 29.9 Å². The molecule has 1 aliphatic rings. The van der Waals surface area contributed by atoms with Gasteiger partial charge in [-0.15, -0.1) is 0 Å². The zero-order chi connectivity index (χ0) is 15.5. The quantitative estimate of drug-likeness (QED) is 0.718. The van der Waals surface area contributed by atoms with Crippen LogP contribution < -0.4 is 4.74 Å². The number of para-hydroxylation sites is 1. The highest BCUT2D eigenvalue weighted by molar-refractivity contribution is 6.32. The van der Waals surface area contributed by atoms with E-state index in [0.29, 0.717) is 28.9 Å². The molecular weight excluding hydrogens is 300 g/mol. The fraction of sp³-hybridized carbons (Fsp3) is 0.278. The van der Waals surface area contributed by atoms with Crippen LogP contribution >= 0.6 is 11.6 Å². The average Bonchev–Trinajstić information content (AvgIpc) is 3.25. The van der Waals surface area contributed by atoms with Crippen molar-refractivity contribution < 1.29 is 13.9 Å². The van der Waals surface area contributed by atoms with Crippen molar-refractivity contribution in [2.24, 2.45) is 5.92 Å². The second kappa shape index (κ2) is 6.41. The second-order valence-electron chi connectivity index (χ2n) is 5.49. The molecule has 0 amide bonds. The lowest BCUT2D eigenvalue weighted by Gasteiger charge is -2.09. The van der Waals surface area contributed by atoms with Gasteiger partial charge < -0.3 is 9.15 Å². The van der Waals surface area contributed by atoms with E-state index in [0.717, 1.165) is 18.4 Å². The normalized spacial score (nSPS) is 14.5. The highest BCUT2D eigenvalue weighted by Gasteiger charge is 2.27. The number of benzene rings is 1. The summed E-state index contributed by atoms with van der Waals surface area (Å²) in [5.41, 5.74) is 0.981. The third kappa shape index (κ3) is 3.60. The van der Waals surface area contributed by atoms with Crippen molar-refractivity contribution in [1.29, 1.82) is 0 Å². The zero-order valence-corrected chi connectivity index (χ0v) is 13.1. The summed E-state index contributed by atoms with van der Waals surface area (Å²) in [5.74, 6) is 2.43. The van der Waals surface area contributed by atoms with Crippen LogP contribution in [-0.4, -0.2) is 5.78 Å². The summed E-state index contributed by atoms with van der Waals surface area (Å²) >= 11 is 6.12. The molecule has 0 saturated heterocycles. The Morgan fingerprint density at radius 1 is 1.36 bits per heavy atom. The first-order chi connectivity index (χ1) is 10.6. The number of hydrogen-bond acceptors (Lipinski definition) is 3. The fourth-order valence-electron chi connectivity index (χ4n) is 2.17. The molecule has 22 heavy (non-hydrogen) atoms. The lowest BCUT2D eigenvalue weighted by atomic mass is 10.2. The maximum Gasteiger partial charge on any atom is 0.158 e. The number of furan rings is 1. The van der Waals surface area contributed by atoms with Gasteiger partial charge >= 0.3 is 0 Å². The summed E-state index contributed by atoms with van der Waals surface area (Å²) in [6.07, 6.45) is 5.33. The van der Waals surface area contributed by atoms with Gasteiger partial charge in [0.1, 0.15) is 23.9 Å². The van der Waals surface area contributed by atoms with Crippen LogP contribution in [0.15, 0.2) is 40.8 Å². The van der Waals surface area contributed by atoms with E-state index in [4.69, 9.17) is 20.8 Å². The Kier molecular flexibility index (Phi) is 4.34. The Hall–Kier alpha value is -2.00. The SMILES string of the molecule is Cc1cccc(Cl)c1OCc1ccc(/C=C/C(=O)C2CC2)o1. The van der Waals surface area contributed by atoms with E-state index >= 15 is 0 Å². The minimum atomic E-state index is 0.181. The Balaban J connectivity index is 1.61. The predicted octanol–water partition coefficient (Wildman–Crippen LogP) is 4.81. The number of aryl methyl sites for hydroxylation is 1. The molecule has 4 heteroatoms. The number of ether oxygens (including phenoxy) is 1. The predicted molar refractivity (Wildman–Crippen MR) is 86.0 cm³/mol. The molecule has 0 bridgehead atoms. The molecule has 1 aliphatic carbocycles. The number of halogens is 1. The van der Waals surface area contributed by atoms with E-state index in [1.165, 1.54) is 0 Å². The Morgan fingerprint density at radius 3 is 2.91 bits per heavy atom. The third-order valence-corrected chi connectivity index (χ3v) is 3.89. The van der Waals surface area contributed by atoms with Crippen LogP contribution in [0.3, 0.4) is 0 Å². The number of ketones is 1. The van der Waals surface area contributed by atoms with Crippen molar-refractivity contribution in [2.75, 3.05) is 0 Å². The Bertz CT molecular complexity index is 691. The molecule has 0 atom stereocenters. The monoisotopic (exact) mass is 316 g/mol. The fourth-order valence-corrected chi connectivity index (χ4v) is 2.45. The molecule has 1 heterocycles. The molecule has 3 nitrogen and oxygen atoms in total. The first-order valence-electron chi connectivity index (χ1n) is 7.32. The van der Waals surface area contributed by atoms with Gasteiger partial charge in [-0.1, -0.05) is 23.7 Å². The van der Waals surface area contributed by atoms with E-state index in [1.807, 2.05) is 31.2 Å². The van der Waals surface area contributed by atoms with Crippen LogP contribution in [0.25, 0.3) is 6.08 Å². The van der Waals surface area contributed by atoms with E-state index < -0.39 is 0 Å². The first-order valence-corrected chi connectivity index (χ1v) is 7.70. The van der Waals surface area contributed by atoms with Gasteiger partial charge in [-0.25, -0.2) is 0 Å². The largest absolute Gasteiger partial charge is 0.484 e. The van der Waals surface area contributed by atoms with Gasteiger partial charge in [0.2, 0.25) is 0 Å². The maximum absolute atomic E-state index is 11.6. The number of hydrogen-bond donors (Lipinski definition) is 0. The van der Waals surface area contributed by atoms with Crippen molar-refractivity contribution >= 4 is 23.5 Å². The van der Waals surface area contributed by atoms with Crippen LogP contribution in [-0.2, 0) is 11.4 Å². The topological polar surface area (TPSA) is 39.4 Å². The van der Waals surface area contributed by atoms with Crippen molar-refractivity contribution in [1.82, 2.24) is 0 Å². The molecule has 1 fully saturated rings. The van der Waals surface area contributed by atoms with Gasteiger partial charge in [0.15, 0.2) is 5.78 Å². The summed E-state index contributed by atoms with van der Waals surface area (Å²) in [4.78, 5) is 11.6. The number of carbonyl (C=O) groups excluding carboxylic acids is 1. The highest BCUT2D eigenvalue weighted by Crippen LogP contribution is 2.30. The highest BCUT2D eigenvalue weighted by atomic mass is 35.5. The minimum Gasteiger partial charge on any atom is -0.484 e. The molecule has 1 saturated carbocycles. The number of carbonyl (C=O) groups is 1. The molecular formula is C18H17ClO3. The molecule has 1 aromatic carbocycles. The lowest BCUT2D eigenvalue weighted by Crippen LogP contribution is -1.96. The minimum absolute atomic E-state index is 0.181. The molecule has 2 aromatic rings. The maximum atomic E-state index is 11.6. The summed E-state index contributed by atoms with van der Waals surface area (Å²) < 4.78 is 11.4. The molecule has 1 aromatic heterocycles. The lowest BCUT2D eigenvalue weighted by molar-refractivity contribution is -0.115. The summed E-state index contributed by atoms with van der Waals surface area (Å²) in [7, 11) is 0. The van der Waals surface area contributed by atoms with Crippen molar-refractivity contribution in [3.8, 4) is 5.75 Å². The van der Waals surface area contributed by atoms with Crippen LogP contribution in [0.4, 0.5) is 0 Å². The van der Waals surface area contributed by atoms with Crippen molar-refractivity contribution in [2.45, 2.75) is 26.4 Å². The Morgan fingerprint density at radius 2 is 2.18 bits per heavy atom. The van der Waals surface area contributed by atoms with E-state index in [9.17, 15) is 4.79 Å².